The van der Waals surface area contributed by atoms with E-state index in [1.54, 1.807) is 11.8 Å². The molecule has 0 aliphatic carbocycles. The number of benzene rings is 1. The zero-order chi connectivity index (χ0) is 12.0. The van der Waals surface area contributed by atoms with Crippen LogP contribution in [0.25, 0.3) is 0 Å². The van der Waals surface area contributed by atoms with E-state index in [1.165, 1.54) is 0 Å². The molecule has 0 unspecified atom stereocenters. The van der Waals surface area contributed by atoms with Crippen molar-refractivity contribution >= 4 is 34.9 Å². The first-order valence-electron chi connectivity index (χ1n) is 4.78. The normalized spacial score (nSPS) is 10.0. The van der Waals surface area contributed by atoms with Gasteiger partial charge in [-0.1, -0.05) is 30.4 Å². The molecule has 0 aliphatic rings. The lowest BCUT2D eigenvalue weighted by atomic mass is 10.1. The summed E-state index contributed by atoms with van der Waals surface area (Å²) in [5, 5.41) is 8.48. The molecule has 1 aromatic carbocycles. The van der Waals surface area contributed by atoms with Gasteiger partial charge >= 0.3 is 5.97 Å². The molecular formula is C11H13NO2S2. The number of rotatable bonds is 6. The Labute approximate surface area is 104 Å². The molecule has 0 fully saturated rings. The summed E-state index contributed by atoms with van der Waals surface area (Å²) in [6, 6.07) is 7.70. The Kier molecular flexibility index (Phi) is 5.28. The second-order valence-corrected chi connectivity index (χ2v) is 4.81. The highest BCUT2D eigenvalue weighted by Gasteiger charge is 2.00. The summed E-state index contributed by atoms with van der Waals surface area (Å²) in [6.45, 7) is 0. The summed E-state index contributed by atoms with van der Waals surface area (Å²) in [6.07, 6.45) is 0.194. The van der Waals surface area contributed by atoms with Crippen LogP contribution in [0.3, 0.4) is 0 Å². The first-order chi connectivity index (χ1) is 7.59. The fourth-order valence-electron chi connectivity index (χ4n) is 1.16. The molecule has 0 radical (unpaired) electrons. The smallest absolute Gasteiger partial charge is 0.304 e. The molecular weight excluding hydrogens is 242 g/mol. The highest BCUT2D eigenvalue weighted by molar-refractivity contribution is 7.98. The van der Waals surface area contributed by atoms with E-state index in [0.29, 0.717) is 10.7 Å². The fourth-order valence-corrected chi connectivity index (χ4v) is 2.17. The second-order valence-electron chi connectivity index (χ2n) is 3.26. The third-order valence-electron chi connectivity index (χ3n) is 1.94. The number of carboxylic acids is 1. The number of thiocarbonyl (C=S) groups is 1. The lowest BCUT2D eigenvalue weighted by molar-refractivity contribution is -0.136. The summed E-state index contributed by atoms with van der Waals surface area (Å²) in [5.74, 6) is 0.639. The minimum Gasteiger partial charge on any atom is -0.481 e. The maximum Gasteiger partial charge on any atom is 0.304 e. The Balaban J connectivity index is 2.45. The van der Waals surface area contributed by atoms with Crippen molar-refractivity contribution < 1.29 is 9.90 Å². The maximum absolute atomic E-state index is 10.3. The topological polar surface area (TPSA) is 63.3 Å². The monoisotopic (exact) mass is 255 g/mol. The predicted octanol–water partition coefficient (Wildman–Crippen LogP) is 2.03. The number of carboxylic acid groups (broad SMARTS) is 1. The van der Waals surface area contributed by atoms with E-state index in [-0.39, 0.29) is 6.42 Å². The van der Waals surface area contributed by atoms with E-state index >= 15 is 0 Å². The molecule has 16 heavy (non-hydrogen) atoms. The van der Waals surface area contributed by atoms with E-state index in [9.17, 15) is 4.79 Å². The third-order valence-corrected chi connectivity index (χ3v) is 3.21. The van der Waals surface area contributed by atoms with Crippen LogP contribution in [-0.4, -0.2) is 21.8 Å². The van der Waals surface area contributed by atoms with Crippen LogP contribution in [0.4, 0.5) is 0 Å². The quantitative estimate of drug-likeness (QED) is 0.601. The molecule has 1 aromatic rings. The van der Waals surface area contributed by atoms with Crippen molar-refractivity contribution in [3.63, 3.8) is 0 Å². The molecule has 0 saturated carbocycles. The fraction of sp³-hybridized carbons (Fsp3) is 0.273. The largest absolute Gasteiger partial charge is 0.481 e. The van der Waals surface area contributed by atoms with Crippen LogP contribution >= 0.6 is 24.0 Å². The van der Waals surface area contributed by atoms with E-state index in [0.717, 1.165) is 16.9 Å². The number of nitrogens with two attached hydrogens (primary N) is 1. The van der Waals surface area contributed by atoms with Gasteiger partial charge in [-0.3, -0.25) is 4.79 Å². The van der Waals surface area contributed by atoms with Gasteiger partial charge in [0, 0.05) is 17.1 Å². The van der Waals surface area contributed by atoms with Crippen LogP contribution < -0.4 is 5.73 Å². The lowest BCUT2D eigenvalue weighted by Crippen LogP contribution is -2.09. The van der Waals surface area contributed by atoms with Crippen LogP contribution in [0.5, 0.6) is 0 Å². The van der Waals surface area contributed by atoms with E-state index < -0.39 is 5.97 Å². The maximum atomic E-state index is 10.3. The van der Waals surface area contributed by atoms with Gasteiger partial charge in [0.25, 0.3) is 0 Å². The standard InChI is InChI=1S/C11H13NO2S2/c12-11(15)9-3-1-2-8(6-9)7-16-5-4-10(13)14/h1-3,6H,4-5,7H2,(H2,12,15)(H,13,14). The van der Waals surface area contributed by atoms with Gasteiger partial charge in [-0.15, -0.1) is 0 Å². The zero-order valence-electron chi connectivity index (χ0n) is 8.68. The lowest BCUT2D eigenvalue weighted by Gasteiger charge is -2.03. The Morgan fingerprint density at radius 1 is 1.50 bits per heavy atom. The average molecular weight is 255 g/mol. The molecule has 1 rings (SSSR count). The summed E-state index contributed by atoms with van der Waals surface area (Å²) in [5.41, 5.74) is 7.49. The van der Waals surface area contributed by atoms with Gasteiger partial charge in [-0.05, 0) is 11.6 Å². The Bertz CT molecular complexity index is 393. The zero-order valence-corrected chi connectivity index (χ0v) is 10.3. The van der Waals surface area contributed by atoms with Crippen molar-refractivity contribution in [1.82, 2.24) is 0 Å². The van der Waals surface area contributed by atoms with Gasteiger partial charge in [-0.2, -0.15) is 11.8 Å². The Hall–Kier alpha value is -1.07. The van der Waals surface area contributed by atoms with Gasteiger partial charge in [0.2, 0.25) is 0 Å². The Morgan fingerprint density at radius 3 is 2.88 bits per heavy atom. The average Bonchev–Trinajstić information content (AvgIpc) is 2.24. The minimum absolute atomic E-state index is 0.194. The van der Waals surface area contributed by atoms with Gasteiger partial charge in [0.05, 0.1) is 6.42 Å². The van der Waals surface area contributed by atoms with Crippen LogP contribution in [0, 0.1) is 0 Å². The SMILES string of the molecule is NC(=S)c1cccc(CSCCC(=O)O)c1. The van der Waals surface area contributed by atoms with Gasteiger partial charge in [0.1, 0.15) is 4.99 Å². The number of hydrogen-bond donors (Lipinski definition) is 2. The highest BCUT2D eigenvalue weighted by Crippen LogP contribution is 2.14. The van der Waals surface area contributed by atoms with Crippen LogP contribution in [0.2, 0.25) is 0 Å². The minimum atomic E-state index is -0.760. The molecule has 3 N–H and O–H groups in total. The van der Waals surface area contributed by atoms with Crippen molar-refractivity contribution in [3.05, 3.63) is 35.4 Å². The summed E-state index contributed by atoms with van der Waals surface area (Å²) in [7, 11) is 0. The molecule has 0 bridgehead atoms. The van der Waals surface area contributed by atoms with Gasteiger partial charge in [0.15, 0.2) is 0 Å². The third kappa shape index (κ3) is 4.63. The number of carbonyl (C=O) groups is 1. The van der Waals surface area contributed by atoms with Crippen molar-refractivity contribution in [2.45, 2.75) is 12.2 Å². The molecule has 0 aliphatic heterocycles. The molecule has 0 heterocycles. The molecule has 0 saturated heterocycles. The predicted molar refractivity (Wildman–Crippen MR) is 70.7 cm³/mol. The molecule has 5 heteroatoms. The molecule has 3 nitrogen and oxygen atoms in total. The van der Waals surface area contributed by atoms with E-state index in [1.807, 2.05) is 24.3 Å². The van der Waals surface area contributed by atoms with Crippen LogP contribution in [0.1, 0.15) is 17.5 Å². The first kappa shape index (κ1) is 13.0. The van der Waals surface area contributed by atoms with Crippen LogP contribution in [-0.2, 0) is 10.5 Å². The van der Waals surface area contributed by atoms with Gasteiger partial charge < -0.3 is 10.8 Å². The highest BCUT2D eigenvalue weighted by atomic mass is 32.2. The summed E-state index contributed by atoms with van der Waals surface area (Å²) >= 11 is 6.47. The summed E-state index contributed by atoms with van der Waals surface area (Å²) < 4.78 is 0. The van der Waals surface area contributed by atoms with E-state index in [2.05, 4.69) is 0 Å². The van der Waals surface area contributed by atoms with Crippen molar-refractivity contribution in [2.24, 2.45) is 5.73 Å². The summed E-state index contributed by atoms with van der Waals surface area (Å²) in [4.78, 5) is 10.7. The van der Waals surface area contributed by atoms with E-state index in [4.69, 9.17) is 23.1 Å². The Morgan fingerprint density at radius 2 is 2.25 bits per heavy atom. The first-order valence-corrected chi connectivity index (χ1v) is 6.34. The molecule has 0 aromatic heterocycles. The van der Waals surface area contributed by atoms with Gasteiger partial charge in [-0.25, -0.2) is 0 Å². The van der Waals surface area contributed by atoms with Crippen molar-refractivity contribution in [1.29, 1.82) is 0 Å². The van der Waals surface area contributed by atoms with Crippen LogP contribution in [0.15, 0.2) is 24.3 Å². The molecule has 86 valence electrons. The van der Waals surface area contributed by atoms with Crippen molar-refractivity contribution in [2.75, 3.05) is 5.75 Å². The number of hydrogen-bond acceptors (Lipinski definition) is 3. The number of thioether (sulfide) groups is 1. The molecule has 0 atom stereocenters. The molecule has 0 spiro atoms. The van der Waals surface area contributed by atoms with Crippen molar-refractivity contribution in [3.8, 4) is 0 Å². The molecule has 0 amide bonds. The number of aliphatic carboxylic acids is 1. The second kappa shape index (κ2) is 6.50.